The molecule has 0 radical (unpaired) electrons. The van der Waals surface area contributed by atoms with Crippen molar-refractivity contribution in [3.8, 4) is 0 Å². The highest BCUT2D eigenvalue weighted by Crippen LogP contribution is 2.39. The summed E-state index contributed by atoms with van der Waals surface area (Å²) in [6.07, 6.45) is 2.15. The fraction of sp³-hybridized carbons (Fsp3) is 0.857. The lowest BCUT2D eigenvalue weighted by atomic mass is 9.71. The Morgan fingerprint density at radius 1 is 1.00 bits per heavy atom. The Morgan fingerprint density at radius 2 is 1.44 bits per heavy atom. The average molecular weight is 258 g/mol. The van der Waals surface area contributed by atoms with Crippen LogP contribution in [0.4, 0.5) is 0 Å². The molecule has 0 aliphatic carbocycles. The zero-order valence-electron chi connectivity index (χ0n) is 11.9. The molecule has 0 fully saturated rings. The molecule has 0 atom stereocenters. The molecule has 106 valence electrons. The lowest BCUT2D eigenvalue weighted by Crippen LogP contribution is -2.34. The summed E-state index contributed by atoms with van der Waals surface area (Å²) < 4.78 is 0. The molecule has 2 N–H and O–H groups in total. The van der Waals surface area contributed by atoms with E-state index >= 15 is 0 Å². The monoisotopic (exact) mass is 258 g/mol. The van der Waals surface area contributed by atoms with Gasteiger partial charge in [0.05, 0.1) is 5.41 Å². The number of hydrogen-bond acceptors (Lipinski definition) is 2. The Hall–Kier alpha value is -1.06. The summed E-state index contributed by atoms with van der Waals surface area (Å²) in [7, 11) is 0. The highest BCUT2D eigenvalue weighted by atomic mass is 16.4. The maximum absolute atomic E-state index is 11.6. The Labute approximate surface area is 109 Å². The minimum Gasteiger partial charge on any atom is -0.481 e. The van der Waals surface area contributed by atoms with Gasteiger partial charge in [-0.15, -0.1) is 0 Å². The largest absolute Gasteiger partial charge is 0.481 e. The fourth-order valence-electron chi connectivity index (χ4n) is 2.71. The highest BCUT2D eigenvalue weighted by molar-refractivity contribution is 5.74. The molecule has 0 unspecified atom stereocenters. The summed E-state index contributed by atoms with van der Waals surface area (Å²) >= 11 is 0. The van der Waals surface area contributed by atoms with Crippen molar-refractivity contribution in [2.45, 2.75) is 59.8 Å². The van der Waals surface area contributed by atoms with Crippen molar-refractivity contribution in [1.82, 2.24) is 0 Å². The van der Waals surface area contributed by atoms with Gasteiger partial charge in [-0.1, -0.05) is 27.7 Å². The molecule has 18 heavy (non-hydrogen) atoms. The van der Waals surface area contributed by atoms with Crippen molar-refractivity contribution in [3.63, 3.8) is 0 Å². The van der Waals surface area contributed by atoms with Crippen LogP contribution in [0.25, 0.3) is 0 Å². The zero-order chi connectivity index (χ0) is 14.3. The molecule has 4 heteroatoms. The average Bonchev–Trinajstić information content (AvgIpc) is 2.13. The molecule has 0 aromatic heterocycles. The molecule has 0 saturated heterocycles. The summed E-state index contributed by atoms with van der Waals surface area (Å²) in [6.45, 7) is 8.04. The SMILES string of the molecule is CC(C)CC(CCCC(=O)O)(CC(C)C)C(=O)O. The number of rotatable bonds is 9. The van der Waals surface area contributed by atoms with Gasteiger partial charge in [0.25, 0.3) is 0 Å². The quantitative estimate of drug-likeness (QED) is 0.664. The van der Waals surface area contributed by atoms with Gasteiger partial charge in [0.1, 0.15) is 0 Å². The molecule has 0 aliphatic heterocycles. The minimum absolute atomic E-state index is 0.0468. The summed E-state index contributed by atoms with van der Waals surface area (Å²) in [5, 5.41) is 18.2. The maximum atomic E-state index is 11.6. The van der Waals surface area contributed by atoms with Gasteiger partial charge in [-0.05, 0) is 37.5 Å². The van der Waals surface area contributed by atoms with Crippen LogP contribution in [0.3, 0.4) is 0 Å². The Balaban J connectivity index is 4.82. The summed E-state index contributed by atoms with van der Waals surface area (Å²) in [4.78, 5) is 22.2. The molecular formula is C14H26O4. The van der Waals surface area contributed by atoms with E-state index in [9.17, 15) is 14.7 Å². The van der Waals surface area contributed by atoms with Gasteiger partial charge in [-0.3, -0.25) is 9.59 Å². The summed E-state index contributed by atoms with van der Waals surface area (Å²) in [5.41, 5.74) is -0.766. The third-order valence-electron chi connectivity index (χ3n) is 3.10. The van der Waals surface area contributed by atoms with E-state index in [0.717, 1.165) is 0 Å². The van der Waals surface area contributed by atoms with E-state index in [1.165, 1.54) is 0 Å². The Morgan fingerprint density at radius 3 is 1.72 bits per heavy atom. The van der Waals surface area contributed by atoms with E-state index in [1.54, 1.807) is 0 Å². The van der Waals surface area contributed by atoms with E-state index in [1.807, 2.05) is 27.7 Å². The first-order valence-electron chi connectivity index (χ1n) is 6.65. The molecule has 0 amide bonds. The van der Waals surface area contributed by atoms with Crippen molar-refractivity contribution in [2.75, 3.05) is 0 Å². The van der Waals surface area contributed by atoms with Crippen LogP contribution in [0, 0.1) is 17.3 Å². The summed E-state index contributed by atoms with van der Waals surface area (Å²) in [6, 6.07) is 0. The third-order valence-corrected chi connectivity index (χ3v) is 3.10. The van der Waals surface area contributed by atoms with Crippen molar-refractivity contribution in [2.24, 2.45) is 17.3 Å². The first-order chi connectivity index (χ1) is 8.19. The molecule has 0 bridgehead atoms. The molecule has 0 rings (SSSR count). The number of hydrogen-bond donors (Lipinski definition) is 2. The second-order valence-corrected chi connectivity index (χ2v) is 6.03. The molecule has 0 aromatic rings. The Kier molecular flexibility index (Phi) is 6.96. The normalized spacial score (nSPS) is 12.1. The molecule has 0 aromatic carbocycles. The number of carboxylic acids is 2. The number of carbonyl (C=O) groups is 2. The van der Waals surface area contributed by atoms with Gasteiger partial charge >= 0.3 is 11.9 Å². The maximum Gasteiger partial charge on any atom is 0.309 e. The fourth-order valence-corrected chi connectivity index (χ4v) is 2.71. The van der Waals surface area contributed by atoms with Crippen LogP contribution >= 0.6 is 0 Å². The first-order valence-corrected chi connectivity index (χ1v) is 6.65. The second-order valence-electron chi connectivity index (χ2n) is 6.03. The predicted octanol–water partition coefficient (Wildman–Crippen LogP) is 3.40. The van der Waals surface area contributed by atoms with Crippen LogP contribution in [0.5, 0.6) is 0 Å². The van der Waals surface area contributed by atoms with Crippen LogP contribution in [0.15, 0.2) is 0 Å². The van der Waals surface area contributed by atoms with E-state index in [-0.39, 0.29) is 6.42 Å². The van der Waals surface area contributed by atoms with Crippen LogP contribution in [-0.2, 0) is 9.59 Å². The predicted molar refractivity (Wildman–Crippen MR) is 70.5 cm³/mol. The van der Waals surface area contributed by atoms with Gasteiger partial charge < -0.3 is 10.2 Å². The van der Waals surface area contributed by atoms with Crippen LogP contribution in [-0.4, -0.2) is 22.2 Å². The van der Waals surface area contributed by atoms with E-state index in [0.29, 0.717) is 37.5 Å². The van der Waals surface area contributed by atoms with Crippen molar-refractivity contribution in [1.29, 1.82) is 0 Å². The first kappa shape index (κ1) is 16.9. The van der Waals surface area contributed by atoms with Crippen molar-refractivity contribution < 1.29 is 19.8 Å². The van der Waals surface area contributed by atoms with Gasteiger partial charge in [-0.25, -0.2) is 0 Å². The third kappa shape index (κ3) is 6.03. The standard InChI is InChI=1S/C14H26O4/c1-10(2)8-14(13(17)18,9-11(3)4)7-5-6-12(15)16/h10-11H,5-9H2,1-4H3,(H,15,16)(H,17,18). The molecule has 0 saturated carbocycles. The van der Waals surface area contributed by atoms with E-state index < -0.39 is 17.4 Å². The zero-order valence-corrected chi connectivity index (χ0v) is 11.9. The lowest BCUT2D eigenvalue weighted by molar-refractivity contribution is -0.152. The number of aliphatic carboxylic acids is 2. The Bertz CT molecular complexity index is 272. The minimum atomic E-state index is -0.858. The van der Waals surface area contributed by atoms with E-state index in [2.05, 4.69) is 0 Å². The molecule has 0 spiro atoms. The number of carboxylic acid groups (broad SMARTS) is 2. The molecule has 0 aliphatic rings. The van der Waals surface area contributed by atoms with Crippen LogP contribution in [0.1, 0.15) is 59.8 Å². The highest BCUT2D eigenvalue weighted by Gasteiger charge is 2.38. The topological polar surface area (TPSA) is 74.6 Å². The van der Waals surface area contributed by atoms with Gasteiger partial charge in [0, 0.05) is 6.42 Å². The molecule has 0 heterocycles. The smallest absolute Gasteiger partial charge is 0.309 e. The van der Waals surface area contributed by atoms with Crippen LogP contribution in [0.2, 0.25) is 0 Å². The van der Waals surface area contributed by atoms with E-state index in [4.69, 9.17) is 5.11 Å². The van der Waals surface area contributed by atoms with Crippen molar-refractivity contribution in [3.05, 3.63) is 0 Å². The van der Waals surface area contributed by atoms with Gasteiger partial charge in [0.2, 0.25) is 0 Å². The van der Waals surface area contributed by atoms with Crippen LogP contribution < -0.4 is 0 Å². The van der Waals surface area contributed by atoms with Gasteiger partial charge in [-0.2, -0.15) is 0 Å². The van der Waals surface area contributed by atoms with Crippen molar-refractivity contribution >= 4 is 11.9 Å². The lowest BCUT2D eigenvalue weighted by Gasteiger charge is -2.32. The molecule has 4 nitrogen and oxygen atoms in total. The second kappa shape index (κ2) is 7.39. The molecular weight excluding hydrogens is 232 g/mol. The summed E-state index contributed by atoms with van der Waals surface area (Å²) in [5.74, 6) is -1.05. The van der Waals surface area contributed by atoms with Gasteiger partial charge in [0.15, 0.2) is 0 Å².